The van der Waals surface area contributed by atoms with Crippen LogP contribution < -0.4 is 5.73 Å². The van der Waals surface area contributed by atoms with E-state index in [9.17, 15) is 4.79 Å². The number of hydrogen-bond acceptors (Lipinski definition) is 5. The maximum atomic E-state index is 11.9. The van der Waals surface area contributed by atoms with Crippen LogP contribution in [0.1, 0.15) is 21.6 Å². The molecule has 3 aromatic heterocycles. The predicted molar refractivity (Wildman–Crippen MR) is 112 cm³/mol. The molecule has 0 bridgehead atoms. The molecule has 4 aromatic rings. The Morgan fingerprint density at radius 1 is 1.29 bits per heavy atom. The molecule has 8 heteroatoms. The van der Waals surface area contributed by atoms with Gasteiger partial charge in [-0.05, 0) is 37.1 Å². The number of hydrogen-bond donors (Lipinski definition) is 1. The number of halogens is 1. The van der Waals surface area contributed by atoms with Gasteiger partial charge >= 0.3 is 0 Å². The van der Waals surface area contributed by atoms with E-state index in [1.54, 1.807) is 12.3 Å². The van der Waals surface area contributed by atoms with Crippen molar-refractivity contribution in [3.63, 3.8) is 0 Å². The van der Waals surface area contributed by atoms with Gasteiger partial charge in [0.25, 0.3) is 5.91 Å². The summed E-state index contributed by atoms with van der Waals surface area (Å²) in [5, 5.41) is 6.42. The van der Waals surface area contributed by atoms with E-state index < -0.39 is 5.91 Å². The number of benzene rings is 1. The van der Waals surface area contributed by atoms with Crippen molar-refractivity contribution in [3.05, 3.63) is 69.3 Å². The molecule has 0 saturated carbocycles. The van der Waals surface area contributed by atoms with Crippen LogP contribution in [0, 0.1) is 6.92 Å². The Morgan fingerprint density at radius 3 is 2.75 bits per heavy atom. The maximum absolute atomic E-state index is 11.9. The smallest absolute Gasteiger partial charge is 0.250 e. The summed E-state index contributed by atoms with van der Waals surface area (Å²) in [5.41, 5.74) is 9.80. The fourth-order valence-electron chi connectivity index (χ4n) is 3.12. The number of aromatic nitrogens is 3. The van der Waals surface area contributed by atoms with Gasteiger partial charge in [0.05, 0.1) is 23.1 Å². The van der Waals surface area contributed by atoms with E-state index in [1.807, 2.05) is 30.5 Å². The van der Waals surface area contributed by atoms with Gasteiger partial charge in [-0.15, -0.1) is 11.3 Å². The largest absolute Gasteiger partial charge is 0.366 e. The van der Waals surface area contributed by atoms with Crippen LogP contribution in [0.3, 0.4) is 0 Å². The normalized spacial score (nSPS) is 11.1. The van der Waals surface area contributed by atoms with Crippen LogP contribution in [0.2, 0.25) is 0 Å². The van der Waals surface area contributed by atoms with E-state index in [0.29, 0.717) is 17.9 Å². The number of carbonyl (C=O) groups is 1. The molecular formula is C20H17BrN4O2S. The lowest BCUT2D eigenvalue weighted by molar-refractivity contribution is 0.0999. The van der Waals surface area contributed by atoms with Crippen molar-refractivity contribution in [1.82, 2.24) is 14.7 Å². The predicted octanol–water partition coefficient (Wildman–Crippen LogP) is 4.68. The molecule has 2 N–H and O–H groups in total. The average Bonchev–Trinajstić information content (AvgIpc) is 3.41. The summed E-state index contributed by atoms with van der Waals surface area (Å²) in [5.74, 6) is 0.183. The number of rotatable bonds is 6. The van der Waals surface area contributed by atoms with Crippen molar-refractivity contribution >= 4 is 33.2 Å². The zero-order valence-corrected chi connectivity index (χ0v) is 17.5. The minimum atomic E-state index is -0.438. The third kappa shape index (κ3) is 3.65. The molecule has 3 heterocycles. The Morgan fingerprint density at radius 2 is 2.07 bits per heavy atom. The zero-order chi connectivity index (χ0) is 19.7. The second kappa shape index (κ2) is 7.73. The first-order chi connectivity index (χ1) is 13.5. The maximum Gasteiger partial charge on any atom is 0.250 e. The number of nitrogens with zero attached hydrogens (tertiary/aromatic N) is 3. The van der Waals surface area contributed by atoms with Crippen molar-refractivity contribution in [2.75, 3.05) is 0 Å². The van der Waals surface area contributed by atoms with E-state index in [2.05, 4.69) is 42.8 Å². The average molecular weight is 457 g/mol. The van der Waals surface area contributed by atoms with Crippen LogP contribution in [-0.2, 0) is 13.0 Å². The van der Waals surface area contributed by atoms with Crippen molar-refractivity contribution in [3.8, 4) is 22.2 Å². The highest BCUT2D eigenvalue weighted by atomic mass is 79.9. The van der Waals surface area contributed by atoms with Gasteiger partial charge in [-0.25, -0.2) is 4.98 Å². The molecule has 0 fully saturated rings. The SMILES string of the molecule is Cc1c(C(N)=O)cc(-c2csc(-c3ccno3)n2)n1CCc1ccc(Br)cc1. The first-order valence-corrected chi connectivity index (χ1v) is 10.3. The Kier molecular flexibility index (Phi) is 5.15. The Hall–Kier alpha value is -2.71. The Bertz CT molecular complexity index is 1110. The molecule has 28 heavy (non-hydrogen) atoms. The van der Waals surface area contributed by atoms with Crippen LogP contribution in [0.15, 0.2) is 57.0 Å². The van der Waals surface area contributed by atoms with Gasteiger partial charge in [0, 0.05) is 28.2 Å². The van der Waals surface area contributed by atoms with Crippen LogP contribution in [0.4, 0.5) is 0 Å². The van der Waals surface area contributed by atoms with E-state index >= 15 is 0 Å². The molecule has 0 aliphatic heterocycles. The molecule has 1 amide bonds. The number of thiazole rings is 1. The van der Waals surface area contributed by atoms with Crippen molar-refractivity contribution in [2.45, 2.75) is 19.9 Å². The number of aryl methyl sites for hydroxylation is 1. The number of amides is 1. The van der Waals surface area contributed by atoms with Gasteiger partial charge in [0.2, 0.25) is 0 Å². The van der Waals surface area contributed by atoms with Gasteiger partial charge in [-0.1, -0.05) is 33.2 Å². The number of primary amides is 1. The Balaban J connectivity index is 1.69. The molecule has 1 aromatic carbocycles. The fourth-order valence-corrected chi connectivity index (χ4v) is 4.15. The van der Waals surface area contributed by atoms with Gasteiger partial charge in [-0.2, -0.15) is 0 Å². The third-order valence-electron chi connectivity index (χ3n) is 4.58. The minimum Gasteiger partial charge on any atom is -0.366 e. The molecule has 142 valence electrons. The molecule has 0 radical (unpaired) electrons. The summed E-state index contributed by atoms with van der Waals surface area (Å²) in [6.45, 7) is 2.63. The van der Waals surface area contributed by atoms with Gasteiger partial charge in [0.1, 0.15) is 0 Å². The lowest BCUT2D eigenvalue weighted by atomic mass is 10.1. The van der Waals surface area contributed by atoms with Crippen LogP contribution in [0.25, 0.3) is 22.2 Å². The third-order valence-corrected chi connectivity index (χ3v) is 5.97. The Labute approximate surface area is 174 Å². The summed E-state index contributed by atoms with van der Waals surface area (Å²) >= 11 is 4.93. The first-order valence-electron chi connectivity index (χ1n) is 8.64. The van der Waals surface area contributed by atoms with E-state index in [0.717, 1.165) is 33.0 Å². The molecule has 0 aliphatic rings. The standard InChI is InChI=1S/C20H17BrN4O2S/c1-12-15(19(22)26)10-17(16-11-28-20(24-16)18-6-8-23-27-18)25(12)9-7-13-2-4-14(21)5-3-13/h2-6,8,10-11H,7,9H2,1H3,(H2,22,26). The second-order valence-electron chi connectivity index (χ2n) is 6.34. The number of carbonyl (C=O) groups excluding carboxylic acids is 1. The van der Waals surface area contributed by atoms with Gasteiger partial charge < -0.3 is 14.8 Å². The lowest BCUT2D eigenvalue weighted by Gasteiger charge is -2.11. The van der Waals surface area contributed by atoms with Gasteiger partial charge in [-0.3, -0.25) is 4.79 Å². The summed E-state index contributed by atoms with van der Waals surface area (Å²) in [7, 11) is 0. The molecule has 0 saturated heterocycles. The summed E-state index contributed by atoms with van der Waals surface area (Å²) < 4.78 is 8.34. The first kappa shape index (κ1) is 18.6. The molecular weight excluding hydrogens is 440 g/mol. The van der Waals surface area contributed by atoms with Gasteiger partial charge in [0.15, 0.2) is 10.8 Å². The monoisotopic (exact) mass is 456 g/mol. The van der Waals surface area contributed by atoms with Crippen molar-refractivity contribution in [2.24, 2.45) is 5.73 Å². The summed E-state index contributed by atoms with van der Waals surface area (Å²) in [6, 6.07) is 11.8. The van der Waals surface area contributed by atoms with E-state index in [-0.39, 0.29) is 0 Å². The highest BCUT2D eigenvalue weighted by molar-refractivity contribution is 9.10. The van der Waals surface area contributed by atoms with E-state index in [4.69, 9.17) is 10.3 Å². The van der Waals surface area contributed by atoms with E-state index in [1.165, 1.54) is 16.9 Å². The molecule has 0 spiro atoms. The zero-order valence-electron chi connectivity index (χ0n) is 15.1. The number of nitrogens with two attached hydrogens (primary N) is 1. The van der Waals surface area contributed by atoms with Crippen molar-refractivity contribution in [1.29, 1.82) is 0 Å². The highest BCUT2D eigenvalue weighted by Crippen LogP contribution is 2.31. The minimum absolute atomic E-state index is 0.438. The summed E-state index contributed by atoms with van der Waals surface area (Å²) in [4.78, 5) is 16.6. The molecule has 0 atom stereocenters. The summed E-state index contributed by atoms with van der Waals surface area (Å²) in [6.07, 6.45) is 2.42. The second-order valence-corrected chi connectivity index (χ2v) is 8.11. The van der Waals surface area contributed by atoms with Crippen LogP contribution in [-0.4, -0.2) is 20.6 Å². The van der Waals surface area contributed by atoms with Crippen LogP contribution in [0.5, 0.6) is 0 Å². The molecule has 0 unspecified atom stereocenters. The topological polar surface area (TPSA) is 86.9 Å². The van der Waals surface area contributed by atoms with Crippen molar-refractivity contribution < 1.29 is 9.32 Å². The van der Waals surface area contributed by atoms with Crippen LogP contribution >= 0.6 is 27.3 Å². The molecule has 0 aliphatic carbocycles. The lowest BCUT2D eigenvalue weighted by Crippen LogP contribution is -2.13. The molecule has 6 nitrogen and oxygen atoms in total. The molecule has 4 rings (SSSR count). The fraction of sp³-hybridized carbons (Fsp3) is 0.150. The quantitative estimate of drug-likeness (QED) is 0.456. The highest BCUT2D eigenvalue weighted by Gasteiger charge is 2.19.